The summed E-state index contributed by atoms with van der Waals surface area (Å²) in [5.41, 5.74) is 3.02. The number of sulfonamides is 1. The summed E-state index contributed by atoms with van der Waals surface area (Å²) in [5, 5.41) is 0. The molecule has 1 heterocycles. The quantitative estimate of drug-likeness (QED) is 0.742. The Hall–Kier alpha value is -2.05. The van der Waals surface area contributed by atoms with Crippen LogP contribution in [0.25, 0.3) is 0 Å². The van der Waals surface area contributed by atoms with Crippen LogP contribution in [0.2, 0.25) is 0 Å². The number of ether oxygens (including phenoxy) is 2. The average molecular weight is 418 g/mol. The third-order valence-electron chi connectivity index (χ3n) is 5.36. The van der Waals surface area contributed by atoms with Crippen LogP contribution in [-0.2, 0) is 10.0 Å². The molecule has 1 aliphatic heterocycles. The molecule has 0 fully saturated rings. The summed E-state index contributed by atoms with van der Waals surface area (Å²) in [6.45, 7) is 11.8. The van der Waals surface area contributed by atoms with Crippen molar-refractivity contribution in [1.82, 2.24) is 4.72 Å². The van der Waals surface area contributed by atoms with Crippen molar-refractivity contribution < 1.29 is 17.9 Å². The molecule has 1 aliphatic rings. The van der Waals surface area contributed by atoms with Crippen LogP contribution in [0.1, 0.15) is 68.3 Å². The van der Waals surface area contributed by atoms with Gasteiger partial charge in [-0.05, 0) is 68.5 Å². The van der Waals surface area contributed by atoms with Crippen LogP contribution in [0.4, 0.5) is 0 Å². The van der Waals surface area contributed by atoms with Gasteiger partial charge in [-0.15, -0.1) is 0 Å². The lowest BCUT2D eigenvalue weighted by Crippen LogP contribution is -2.41. The lowest BCUT2D eigenvalue weighted by atomic mass is 9.90. The maximum atomic E-state index is 13.4. The molecule has 0 saturated carbocycles. The van der Waals surface area contributed by atoms with Crippen LogP contribution in [0.3, 0.4) is 0 Å². The van der Waals surface area contributed by atoms with E-state index in [1.54, 1.807) is 26.2 Å². The van der Waals surface area contributed by atoms with Crippen LogP contribution in [-0.4, -0.2) is 21.1 Å². The first kappa shape index (κ1) is 21.7. The summed E-state index contributed by atoms with van der Waals surface area (Å²) < 4.78 is 41.3. The summed E-state index contributed by atoms with van der Waals surface area (Å²) in [6.07, 6.45) is 0.550. The number of methoxy groups -OCH3 is 1. The van der Waals surface area contributed by atoms with Gasteiger partial charge in [0, 0.05) is 12.0 Å². The molecule has 0 aromatic heterocycles. The van der Waals surface area contributed by atoms with Crippen molar-refractivity contribution in [2.75, 3.05) is 7.11 Å². The van der Waals surface area contributed by atoms with Crippen LogP contribution >= 0.6 is 0 Å². The fraction of sp³-hybridized carbons (Fsp3) is 0.478. The molecule has 6 heteroatoms. The normalized spacial score (nSPS) is 18.3. The van der Waals surface area contributed by atoms with Crippen molar-refractivity contribution >= 4 is 10.0 Å². The highest BCUT2D eigenvalue weighted by Crippen LogP contribution is 2.41. The summed E-state index contributed by atoms with van der Waals surface area (Å²) in [6, 6.07) is 9.08. The molecule has 1 atom stereocenters. The molecule has 0 spiro atoms. The number of hydrogen-bond acceptors (Lipinski definition) is 4. The zero-order valence-corrected chi connectivity index (χ0v) is 19.1. The van der Waals surface area contributed by atoms with Crippen molar-refractivity contribution in [2.24, 2.45) is 0 Å². The molecule has 1 N–H and O–H groups in total. The van der Waals surface area contributed by atoms with Gasteiger partial charge in [0.2, 0.25) is 10.0 Å². The third kappa shape index (κ3) is 4.43. The molecular weight excluding hydrogens is 386 g/mol. The Morgan fingerprint density at radius 2 is 1.86 bits per heavy atom. The number of rotatable bonds is 5. The first-order valence-electron chi connectivity index (χ1n) is 9.94. The fourth-order valence-electron chi connectivity index (χ4n) is 3.91. The third-order valence-corrected chi connectivity index (χ3v) is 6.98. The van der Waals surface area contributed by atoms with Crippen molar-refractivity contribution in [3.8, 4) is 11.5 Å². The lowest BCUT2D eigenvalue weighted by Gasteiger charge is -2.38. The van der Waals surface area contributed by atoms with E-state index in [1.165, 1.54) is 0 Å². The molecule has 2 aromatic rings. The van der Waals surface area contributed by atoms with E-state index in [1.807, 2.05) is 52.8 Å². The highest BCUT2D eigenvalue weighted by molar-refractivity contribution is 7.89. The van der Waals surface area contributed by atoms with Crippen LogP contribution < -0.4 is 14.2 Å². The Morgan fingerprint density at radius 3 is 2.48 bits per heavy atom. The van der Waals surface area contributed by atoms with Gasteiger partial charge >= 0.3 is 0 Å². The van der Waals surface area contributed by atoms with E-state index < -0.39 is 15.6 Å². The number of benzene rings is 2. The molecule has 5 nitrogen and oxygen atoms in total. The lowest BCUT2D eigenvalue weighted by molar-refractivity contribution is 0.0701. The largest absolute Gasteiger partial charge is 0.496 e. The molecule has 0 amide bonds. The number of aryl methyl sites for hydroxylation is 2. The van der Waals surface area contributed by atoms with Gasteiger partial charge in [0.15, 0.2) is 0 Å². The summed E-state index contributed by atoms with van der Waals surface area (Å²) in [7, 11) is -2.13. The summed E-state index contributed by atoms with van der Waals surface area (Å²) >= 11 is 0. The maximum Gasteiger partial charge on any atom is 0.241 e. The second-order valence-electron chi connectivity index (χ2n) is 8.80. The van der Waals surface area contributed by atoms with E-state index in [9.17, 15) is 8.42 Å². The minimum atomic E-state index is -3.74. The molecule has 2 aromatic carbocycles. The van der Waals surface area contributed by atoms with Crippen molar-refractivity contribution in [3.05, 3.63) is 52.6 Å². The van der Waals surface area contributed by atoms with Crippen LogP contribution in [0.15, 0.2) is 35.2 Å². The van der Waals surface area contributed by atoms with Crippen LogP contribution in [0, 0.1) is 13.8 Å². The first-order chi connectivity index (χ1) is 13.4. The molecule has 0 radical (unpaired) electrons. The number of fused-ring (bicyclic) bond motifs is 1. The fourth-order valence-corrected chi connectivity index (χ4v) is 5.39. The second-order valence-corrected chi connectivity index (χ2v) is 10.5. The van der Waals surface area contributed by atoms with Crippen molar-refractivity contribution in [2.45, 2.75) is 70.4 Å². The Bertz CT molecular complexity index is 1030. The smallest absolute Gasteiger partial charge is 0.241 e. The summed E-state index contributed by atoms with van der Waals surface area (Å²) in [4.78, 5) is 0.292. The minimum Gasteiger partial charge on any atom is -0.496 e. The monoisotopic (exact) mass is 417 g/mol. The molecule has 158 valence electrons. The SMILES string of the molecule is COc1cc(C)c(S(=O)(=O)NC2CC(C)(C)Oc3cc(C)ccc32)cc1C(C)C. The van der Waals surface area contributed by atoms with Gasteiger partial charge in [-0.2, -0.15) is 0 Å². The molecular formula is C23H31NO4S. The van der Waals surface area contributed by atoms with Gasteiger partial charge < -0.3 is 9.47 Å². The average Bonchev–Trinajstić information content (AvgIpc) is 2.59. The van der Waals surface area contributed by atoms with E-state index in [4.69, 9.17) is 9.47 Å². The topological polar surface area (TPSA) is 64.6 Å². The predicted octanol–water partition coefficient (Wildman–Crippen LogP) is 5.02. The molecule has 0 bridgehead atoms. The van der Waals surface area contributed by atoms with E-state index in [0.29, 0.717) is 22.6 Å². The van der Waals surface area contributed by atoms with Gasteiger partial charge in [-0.3, -0.25) is 0 Å². The van der Waals surface area contributed by atoms with Crippen molar-refractivity contribution in [3.63, 3.8) is 0 Å². The Kier molecular flexibility index (Phi) is 5.71. The zero-order chi connectivity index (χ0) is 21.6. The van der Waals surface area contributed by atoms with E-state index in [-0.39, 0.29) is 12.0 Å². The van der Waals surface area contributed by atoms with Crippen molar-refractivity contribution in [1.29, 1.82) is 0 Å². The Balaban J connectivity index is 2.03. The molecule has 0 aliphatic carbocycles. The molecule has 0 saturated heterocycles. The molecule has 29 heavy (non-hydrogen) atoms. The summed E-state index contributed by atoms with van der Waals surface area (Å²) in [5.74, 6) is 1.60. The second kappa shape index (κ2) is 7.65. The van der Waals surface area contributed by atoms with Gasteiger partial charge in [-0.1, -0.05) is 26.0 Å². The zero-order valence-electron chi connectivity index (χ0n) is 18.3. The minimum absolute atomic E-state index is 0.144. The molecule has 1 unspecified atom stereocenters. The Morgan fingerprint density at radius 1 is 1.17 bits per heavy atom. The predicted molar refractivity (Wildman–Crippen MR) is 115 cm³/mol. The van der Waals surface area contributed by atoms with E-state index in [2.05, 4.69) is 4.72 Å². The van der Waals surface area contributed by atoms with E-state index in [0.717, 1.165) is 22.4 Å². The number of hydrogen-bond donors (Lipinski definition) is 1. The van der Waals surface area contributed by atoms with Gasteiger partial charge in [0.1, 0.15) is 17.1 Å². The standard InChI is InChI=1S/C23H31NO4S/c1-14(2)18-12-22(16(4)11-20(18)27-7)29(25,26)24-19-13-23(5,6)28-21-10-15(3)8-9-17(19)21/h8-12,14,19,24H,13H2,1-7H3. The first-order valence-corrected chi connectivity index (χ1v) is 11.4. The maximum absolute atomic E-state index is 13.4. The highest BCUT2D eigenvalue weighted by atomic mass is 32.2. The number of nitrogens with one attached hydrogen (secondary N) is 1. The highest BCUT2D eigenvalue weighted by Gasteiger charge is 2.36. The van der Waals surface area contributed by atoms with E-state index >= 15 is 0 Å². The van der Waals surface area contributed by atoms with Gasteiger partial charge in [0.05, 0.1) is 18.0 Å². The van der Waals surface area contributed by atoms with Crippen LogP contribution in [0.5, 0.6) is 11.5 Å². The Labute approximate surface area is 174 Å². The van der Waals surface area contributed by atoms with Gasteiger partial charge in [-0.25, -0.2) is 13.1 Å². The van der Waals surface area contributed by atoms with Gasteiger partial charge in [0.25, 0.3) is 0 Å². The molecule has 3 rings (SSSR count).